The van der Waals surface area contributed by atoms with E-state index in [1.165, 1.54) is 0 Å². The van der Waals surface area contributed by atoms with Crippen molar-refractivity contribution in [3.05, 3.63) is 12.2 Å². The molecule has 102 valence electrons. The van der Waals surface area contributed by atoms with Crippen molar-refractivity contribution < 1.29 is 15.0 Å². The number of rotatable bonds is 3. The van der Waals surface area contributed by atoms with Crippen molar-refractivity contribution in [3.8, 4) is 0 Å². The van der Waals surface area contributed by atoms with Crippen LogP contribution in [0.25, 0.3) is 0 Å². The Kier molecular flexibility index (Phi) is 3.81. The van der Waals surface area contributed by atoms with E-state index in [0.717, 1.165) is 25.7 Å². The molecule has 0 aliphatic heterocycles. The van der Waals surface area contributed by atoms with E-state index >= 15 is 0 Å². The van der Waals surface area contributed by atoms with Crippen molar-refractivity contribution in [2.45, 2.75) is 51.6 Å². The summed E-state index contributed by atoms with van der Waals surface area (Å²) in [6.07, 6.45) is 8.20. The lowest BCUT2D eigenvalue weighted by atomic mass is 9.61. The Morgan fingerprint density at radius 2 is 2.17 bits per heavy atom. The minimum Gasteiger partial charge on any atom is -0.481 e. The van der Waals surface area contributed by atoms with Gasteiger partial charge in [-0.3, -0.25) is 4.79 Å². The Morgan fingerprint density at radius 1 is 1.44 bits per heavy atom. The van der Waals surface area contributed by atoms with Crippen molar-refractivity contribution in [3.63, 3.8) is 0 Å². The second-order valence-corrected chi connectivity index (χ2v) is 6.41. The first-order valence-corrected chi connectivity index (χ1v) is 7.01. The molecule has 2 rings (SSSR count). The van der Waals surface area contributed by atoms with Gasteiger partial charge in [0.25, 0.3) is 0 Å². The maximum atomic E-state index is 10.8. The molecule has 18 heavy (non-hydrogen) atoms. The Balaban J connectivity index is 2.07. The monoisotopic (exact) mass is 252 g/mol. The normalized spacial score (nSPS) is 43.5. The highest BCUT2D eigenvalue weighted by atomic mass is 16.4. The standard InChI is InChI=1S/C15H24O3/c1-10-3-4-11-9-15(2,18)8-7-13(11)12(10)5-6-14(16)17/h3-4,10-13,18H,5-9H2,1-2H3,(H,16,17)/t10-,11-,12-,13-,15-/m0/s1. The first-order chi connectivity index (χ1) is 8.39. The molecule has 0 aromatic carbocycles. The van der Waals surface area contributed by atoms with Gasteiger partial charge >= 0.3 is 5.97 Å². The molecule has 0 bridgehead atoms. The van der Waals surface area contributed by atoms with Crippen LogP contribution in [0.5, 0.6) is 0 Å². The maximum absolute atomic E-state index is 10.8. The Labute approximate surface area is 109 Å². The molecule has 1 saturated carbocycles. The number of allylic oxidation sites excluding steroid dienone is 2. The van der Waals surface area contributed by atoms with Crippen LogP contribution in [0.3, 0.4) is 0 Å². The molecule has 1 fully saturated rings. The molecule has 5 atom stereocenters. The number of carbonyl (C=O) groups is 1. The van der Waals surface area contributed by atoms with Crippen LogP contribution in [0.4, 0.5) is 0 Å². The summed E-state index contributed by atoms with van der Waals surface area (Å²) in [6.45, 7) is 4.10. The van der Waals surface area contributed by atoms with Crippen LogP contribution in [-0.2, 0) is 4.79 Å². The minimum absolute atomic E-state index is 0.266. The molecule has 0 amide bonds. The fourth-order valence-electron chi connectivity index (χ4n) is 3.81. The van der Waals surface area contributed by atoms with Gasteiger partial charge in [-0.1, -0.05) is 19.1 Å². The van der Waals surface area contributed by atoms with Crippen LogP contribution in [0.1, 0.15) is 46.0 Å². The van der Waals surface area contributed by atoms with E-state index in [2.05, 4.69) is 19.1 Å². The lowest BCUT2D eigenvalue weighted by Gasteiger charge is -2.46. The van der Waals surface area contributed by atoms with Gasteiger partial charge in [0.05, 0.1) is 5.60 Å². The molecule has 2 N–H and O–H groups in total. The van der Waals surface area contributed by atoms with E-state index in [1.807, 2.05) is 6.92 Å². The summed E-state index contributed by atoms with van der Waals surface area (Å²) in [5.41, 5.74) is -0.538. The smallest absolute Gasteiger partial charge is 0.303 e. The number of aliphatic carboxylic acids is 1. The molecule has 0 unspecified atom stereocenters. The van der Waals surface area contributed by atoms with E-state index in [4.69, 9.17) is 5.11 Å². The van der Waals surface area contributed by atoms with Crippen LogP contribution in [0.2, 0.25) is 0 Å². The van der Waals surface area contributed by atoms with Crippen molar-refractivity contribution in [1.29, 1.82) is 0 Å². The molecule has 3 nitrogen and oxygen atoms in total. The molecular formula is C15H24O3. The van der Waals surface area contributed by atoms with Gasteiger partial charge in [-0.2, -0.15) is 0 Å². The first-order valence-electron chi connectivity index (χ1n) is 7.01. The van der Waals surface area contributed by atoms with E-state index in [0.29, 0.717) is 23.7 Å². The molecule has 0 saturated heterocycles. The number of hydrogen-bond donors (Lipinski definition) is 2. The first kappa shape index (κ1) is 13.6. The second-order valence-electron chi connectivity index (χ2n) is 6.41. The summed E-state index contributed by atoms with van der Waals surface area (Å²) in [4.78, 5) is 10.8. The molecule has 2 aliphatic carbocycles. The van der Waals surface area contributed by atoms with E-state index < -0.39 is 11.6 Å². The van der Waals surface area contributed by atoms with E-state index in [9.17, 15) is 9.90 Å². The van der Waals surface area contributed by atoms with Gasteiger partial charge in [0, 0.05) is 6.42 Å². The van der Waals surface area contributed by atoms with Gasteiger partial charge in [0.2, 0.25) is 0 Å². The van der Waals surface area contributed by atoms with Crippen LogP contribution in [-0.4, -0.2) is 21.8 Å². The highest BCUT2D eigenvalue weighted by molar-refractivity contribution is 5.66. The van der Waals surface area contributed by atoms with Gasteiger partial charge in [-0.25, -0.2) is 0 Å². The predicted molar refractivity (Wildman–Crippen MR) is 70.1 cm³/mol. The molecule has 0 aromatic heterocycles. The van der Waals surface area contributed by atoms with Crippen LogP contribution < -0.4 is 0 Å². The molecule has 0 heterocycles. The topological polar surface area (TPSA) is 57.5 Å². The maximum Gasteiger partial charge on any atom is 0.303 e. The van der Waals surface area contributed by atoms with Gasteiger partial charge in [-0.15, -0.1) is 0 Å². The van der Waals surface area contributed by atoms with E-state index in [1.54, 1.807) is 0 Å². The van der Waals surface area contributed by atoms with Crippen molar-refractivity contribution in [2.24, 2.45) is 23.7 Å². The number of carboxylic acids is 1. The summed E-state index contributed by atoms with van der Waals surface area (Å²) >= 11 is 0. The van der Waals surface area contributed by atoms with Gasteiger partial charge in [0.15, 0.2) is 0 Å². The SMILES string of the molecule is C[C@H]1C=C[C@H]2C[C@@](C)(O)CC[C@@H]2[C@H]1CCC(=O)O. The average Bonchev–Trinajstić information content (AvgIpc) is 2.27. The molecule has 0 aromatic rings. The average molecular weight is 252 g/mol. The fourth-order valence-corrected chi connectivity index (χ4v) is 3.81. The van der Waals surface area contributed by atoms with Crippen molar-refractivity contribution in [1.82, 2.24) is 0 Å². The number of aliphatic hydroxyl groups is 1. The zero-order valence-electron chi connectivity index (χ0n) is 11.3. The van der Waals surface area contributed by atoms with E-state index in [-0.39, 0.29) is 6.42 Å². The highest BCUT2D eigenvalue weighted by Crippen LogP contribution is 2.47. The van der Waals surface area contributed by atoms with Crippen molar-refractivity contribution in [2.75, 3.05) is 0 Å². The predicted octanol–water partition coefficient (Wildman–Crippen LogP) is 2.84. The van der Waals surface area contributed by atoms with Gasteiger partial charge in [-0.05, 0) is 56.3 Å². The number of fused-ring (bicyclic) bond motifs is 1. The third-order valence-electron chi connectivity index (χ3n) is 4.82. The summed E-state index contributed by atoms with van der Waals surface area (Å²) in [5.74, 6) is 1.23. The Bertz CT molecular complexity index is 346. The van der Waals surface area contributed by atoms with Crippen molar-refractivity contribution >= 4 is 5.97 Å². The lowest BCUT2D eigenvalue weighted by molar-refractivity contribution is -0.137. The van der Waals surface area contributed by atoms with Gasteiger partial charge < -0.3 is 10.2 Å². The zero-order valence-corrected chi connectivity index (χ0v) is 11.3. The quantitative estimate of drug-likeness (QED) is 0.759. The zero-order chi connectivity index (χ0) is 13.3. The lowest BCUT2D eigenvalue weighted by Crippen LogP contribution is -2.41. The summed E-state index contributed by atoms with van der Waals surface area (Å²) in [6, 6.07) is 0. The Hall–Kier alpha value is -0.830. The summed E-state index contributed by atoms with van der Waals surface area (Å²) in [5, 5.41) is 19.0. The molecule has 3 heteroatoms. The largest absolute Gasteiger partial charge is 0.481 e. The van der Waals surface area contributed by atoms with Crippen LogP contribution in [0, 0.1) is 23.7 Å². The van der Waals surface area contributed by atoms with Crippen LogP contribution in [0.15, 0.2) is 12.2 Å². The molecule has 0 spiro atoms. The molecular weight excluding hydrogens is 228 g/mol. The van der Waals surface area contributed by atoms with Gasteiger partial charge in [0.1, 0.15) is 0 Å². The summed E-state index contributed by atoms with van der Waals surface area (Å²) in [7, 11) is 0. The second kappa shape index (κ2) is 5.04. The molecule has 2 aliphatic rings. The third-order valence-corrected chi connectivity index (χ3v) is 4.82. The molecule has 0 radical (unpaired) electrons. The fraction of sp³-hybridized carbons (Fsp3) is 0.800. The third kappa shape index (κ3) is 2.94. The highest BCUT2D eigenvalue weighted by Gasteiger charge is 2.41. The minimum atomic E-state index is -0.698. The Morgan fingerprint density at radius 3 is 2.83 bits per heavy atom. The number of hydrogen-bond acceptors (Lipinski definition) is 2. The summed E-state index contributed by atoms with van der Waals surface area (Å²) < 4.78 is 0. The van der Waals surface area contributed by atoms with Crippen LogP contribution >= 0.6 is 0 Å². The number of carboxylic acid groups (broad SMARTS) is 1.